The molecule has 0 bridgehead atoms. The molecule has 41 heavy (non-hydrogen) atoms. The van der Waals surface area contributed by atoms with Crippen LogP contribution in [-0.4, -0.2) is 20.7 Å². The molecule has 0 spiro atoms. The molecule has 208 valence electrons. The van der Waals surface area contributed by atoms with Crippen molar-refractivity contribution in [1.82, 2.24) is 14.1 Å². The first-order valence-corrected chi connectivity index (χ1v) is 15.0. The summed E-state index contributed by atoms with van der Waals surface area (Å²) >= 11 is 0. The molecule has 0 atom stereocenters. The molecule has 0 unspecified atom stereocenters. The second kappa shape index (κ2) is 12.1. The van der Waals surface area contributed by atoms with Crippen molar-refractivity contribution < 1.29 is 4.74 Å². The monoisotopic (exact) mass is 541 g/mol. The van der Waals surface area contributed by atoms with Gasteiger partial charge < -0.3 is 9.30 Å². The van der Waals surface area contributed by atoms with Crippen LogP contribution in [0.1, 0.15) is 56.6 Å². The second-order valence-electron chi connectivity index (χ2n) is 11.1. The fourth-order valence-electron chi connectivity index (χ4n) is 6.12. The first-order chi connectivity index (χ1) is 20.2. The maximum atomic E-state index is 6.16. The van der Waals surface area contributed by atoms with E-state index in [1.165, 1.54) is 65.0 Å². The molecule has 2 aromatic heterocycles. The lowest BCUT2D eigenvalue weighted by molar-refractivity contribution is 0.304. The van der Waals surface area contributed by atoms with E-state index in [1.807, 2.05) is 6.20 Å². The van der Waals surface area contributed by atoms with Gasteiger partial charge in [0.15, 0.2) is 0 Å². The minimum absolute atomic E-state index is 0.775. The third kappa shape index (κ3) is 5.39. The molecule has 4 nitrogen and oxygen atoms in total. The summed E-state index contributed by atoms with van der Waals surface area (Å²) in [5.74, 6) is 1.89. The summed E-state index contributed by atoms with van der Waals surface area (Å²) in [5.41, 5.74) is 8.19. The highest BCUT2D eigenvalue weighted by Crippen LogP contribution is 2.36. The Bertz CT molecular complexity index is 1750. The fourth-order valence-corrected chi connectivity index (χ4v) is 6.12. The number of rotatable bonds is 11. The van der Waals surface area contributed by atoms with Gasteiger partial charge in [0.2, 0.25) is 0 Å². The highest BCUT2D eigenvalue weighted by atomic mass is 16.5. The molecule has 0 saturated carbocycles. The Morgan fingerprint density at radius 3 is 2.22 bits per heavy atom. The van der Waals surface area contributed by atoms with Crippen LogP contribution in [0.4, 0.5) is 0 Å². The zero-order valence-electron chi connectivity index (χ0n) is 24.4. The number of benzene rings is 4. The van der Waals surface area contributed by atoms with Crippen molar-refractivity contribution >= 4 is 21.8 Å². The quantitative estimate of drug-likeness (QED) is 0.153. The smallest absolute Gasteiger partial charge is 0.144 e. The molecule has 0 aliphatic heterocycles. The van der Waals surface area contributed by atoms with Crippen molar-refractivity contribution in [3.05, 3.63) is 108 Å². The number of aryl methyl sites for hydroxylation is 2. The van der Waals surface area contributed by atoms with Crippen molar-refractivity contribution in [1.29, 1.82) is 0 Å². The Labute approximate surface area is 243 Å². The molecule has 4 aromatic carbocycles. The number of unbranched alkanes of at least 4 members (excludes halogenated alkanes) is 5. The Kier molecular flexibility index (Phi) is 7.91. The van der Waals surface area contributed by atoms with Crippen molar-refractivity contribution in [2.45, 2.75) is 59.3 Å². The zero-order valence-corrected chi connectivity index (χ0v) is 24.4. The van der Waals surface area contributed by atoms with Crippen LogP contribution in [0.3, 0.4) is 0 Å². The molecule has 0 amide bonds. The van der Waals surface area contributed by atoms with E-state index < -0.39 is 0 Å². The first-order valence-electron chi connectivity index (χ1n) is 15.0. The molecule has 2 heterocycles. The summed E-state index contributed by atoms with van der Waals surface area (Å²) in [6, 6.07) is 30.3. The molecule has 0 saturated heterocycles. The van der Waals surface area contributed by atoms with E-state index in [4.69, 9.17) is 9.72 Å². The van der Waals surface area contributed by atoms with E-state index in [1.54, 1.807) is 0 Å². The lowest BCUT2D eigenvalue weighted by Crippen LogP contribution is -2.04. The van der Waals surface area contributed by atoms with Gasteiger partial charge in [-0.05, 0) is 79.9 Å². The summed E-state index contributed by atoms with van der Waals surface area (Å²) < 4.78 is 10.7. The molecule has 0 aliphatic rings. The van der Waals surface area contributed by atoms with Gasteiger partial charge in [-0.15, -0.1) is 0 Å². The predicted octanol–water partition coefficient (Wildman–Crippen LogP) is 9.99. The van der Waals surface area contributed by atoms with Gasteiger partial charge in [0.1, 0.15) is 11.6 Å². The Morgan fingerprint density at radius 1 is 0.707 bits per heavy atom. The van der Waals surface area contributed by atoms with Crippen LogP contribution in [0.2, 0.25) is 0 Å². The van der Waals surface area contributed by atoms with E-state index in [0.29, 0.717) is 0 Å². The molecular formula is C37H39N3O. The van der Waals surface area contributed by atoms with Crippen LogP contribution < -0.4 is 4.74 Å². The summed E-state index contributed by atoms with van der Waals surface area (Å²) in [6.45, 7) is 7.37. The van der Waals surface area contributed by atoms with Crippen LogP contribution >= 0.6 is 0 Å². The Balaban J connectivity index is 1.31. The number of aromatic nitrogens is 3. The number of hydrogen-bond donors (Lipinski definition) is 0. The number of para-hydroxylation sites is 2. The normalized spacial score (nSPS) is 11.5. The molecule has 4 heteroatoms. The van der Waals surface area contributed by atoms with Gasteiger partial charge in [0.25, 0.3) is 0 Å². The lowest BCUT2D eigenvalue weighted by Gasteiger charge is -2.16. The number of fused-ring (bicyclic) bond motifs is 3. The van der Waals surface area contributed by atoms with Crippen molar-refractivity contribution in [3.63, 3.8) is 0 Å². The van der Waals surface area contributed by atoms with Gasteiger partial charge in [-0.25, -0.2) is 4.98 Å². The molecule has 0 aliphatic carbocycles. The third-order valence-electron chi connectivity index (χ3n) is 8.06. The van der Waals surface area contributed by atoms with Crippen LogP contribution in [0.5, 0.6) is 5.75 Å². The van der Waals surface area contributed by atoms with Crippen molar-refractivity contribution in [2.24, 2.45) is 0 Å². The van der Waals surface area contributed by atoms with Gasteiger partial charge in [-0.3, -0.25) is 4.57 Å². The van der Waals surface area contributed by atoms with Crippen LogP contribution in [-0.2, 0) is 0 Å². The summed E-state index contributed by atoms with van der Waals surface area (Å²) in [5, 5.41) is 2.47. The van der Waals surface area contributed by atoms with Gasteiger partial charge in [0.05, 0.1) is 23.3 Å². The lowest BCUT2D eigenvalue weighted by atomic mass is 10.1. The number of imidazole rings is 1. The van der Waals surface area contributed by atoms with Crippen LogP contribution in [0.25, 0.3) is 44.6 Å². The highest BCUT2D eigenvalue weighted by Gasteiger charge is 2.17. The SMILES string of the molecule is CCCCCCCCOc1cc(C)c(-n2ccnc2-c2ccc3c(c2)c2ccccc2n3-c2ccccc2)c(C)c1. The second-order valence-corrected chi connectivity index (χ2v) is 11.1. The molecular weight excluding hydrogens is 502 g/mol. The van der Waals surface area contributed by atoms with E-state index in [0.717, 1.165) is 41.5 Å². The molecule has 6 rings (SSSR count). The Morgan fingerprint density at radius 2 is 1.41 bits per heavy atom. The maximum absolute atomic E-state index is 6.16. The maximum Gasteiger partial charge on any atom is 0.144 e. The minimum atomic E-state index is 0.775. The number of nitrogens with zero attached hydrogens (tertiary/aromatic N) is 3. The zero-order chi connectivity index (χ0) is 28.2. The molecule has 0 radical (unpaired) electrons. The van der Waals surface area contributed by atoms with Crippen LogP contribution in [0, 0.1) is 13.8 Å². The van der Waals surface area contributed by atoms with E-state index in [2.05, 4.69) is 121 Å². The topological polar surface area (TPSA) is 32.0 Å². The highest BCUT2D eigenvalue weighted by molar-refractivity contribution is 6.10. The van der Waals surface area contributed by atoms with Gasteiger partial charge in [-0.2, -0.15) is 0 Å². The third-order valence-corrected chi connectivity index (χ3v) is 8.06. The molecule has 0 fully saturated rings. The summed E-state index contributed by atoms with van der Waals surface area (Å²) in [7, 11) is 0. The average Bonchev–Trinajstić information content (AvgIpc) is 3.59. The Hall–Kier alpha value is -4.31. The number of hydrogen-bond acceptors (Lipinski definition) is 2. The fraction of sp³-hybridized carbons (Fsp3) is 0.270. The largest absolute Gasteiger partial charge is 0.494 e. The first kappa shape index (κ1) is 26.9. The van der Waals surface area contributed by atoms with E-state index >= 15 is 0 Å². The summed E-state index contributed by atoms with van der Waals surface area (Å²) in [4.78, 5) is 4.84. The van der Waals surface area contributed by atoms with Gasteiger partial charge in [-0.1, -0.05) is 75.4 Å². The molecule has 6 aromatic rings. The minimum Gasteiger partial charge on any atom is -0.494 e. The summed E-state index contributed by atoms with van der Waals surface area (Å²) in [6.07, 6.45) is 11.6. The van der Waals surface area contributed by atoms with Gasteiger partial charge >= 0.3 is 0 Å². The average molecular weight is 542 g/mol. The van der Waals surface area contributed by atoms with Crippen molar-refractivity contribution in [2.75, 3.05) is 6.61 Å². The number of ether oxygens (including phenoxy) is 1. The predicted molar refractivity (Wildman–Crippen MR) is 172 cm³/mol. The van der Waals surface area contributed by atoms with Crippen LogP contribution in [0.15, 0.2) is 97.3 Å². The van der Waals surface area contributed by atoms with Crippen molar-refractivity contribution in [3.8, 4) is 28.5 Å². The van der Waals surface area contributed by atoms with E-state index in [-0.39, 0.29) is 0 Å². The standard InChI is InChI=1S/C37H39N3O/c1-4-5-6-7-8-14-23-41-31-24-27(2)36(28(3)25-31)39-22-21-38-37(39)29-19-20-35-33(26-29)32-17-12-13-18-34(32)40(35)30-15-10-9-11-16-30/h9-13,15-22,24-26H,4-8,14,23H2,1-3H3. The molecule has 0 N–H and O–H groups in total. The van der Waals surface area contributed by atoms with Gasteiger partial charge in [0, 0.05) is 34.4 Å². The van der Waals surface area contributed by atoms with E-state index in [9.17, 15) is 0 Å².